The second-order valence-electron chi connectivity index (χ2n) is 6.99. The van der Waals surface area contributed by atoms with E-state index in [1.807, 2.05) is 6.92 Å². The van der Waals surface area contributed by atoms with E-state index in [0.717, 1.165) is 33.0 Å². The molecule has 0 radical (unpaired) electrons. The van der Waals surface area contributed by atoms with Crippen molar-refractivity contribution in [1.29, 1.82) is 0 Å². The standard InChI is InChI=1S/C21H21ClN4O5S3/c1-13-7-9-15(10-8-13)34(29,30)26(17-6-4-5-16(22)14(17)2)11-18(27)23-20-24-25-21(33-20)32-12-19(28)31-3/h4-10H,11-12H2,1-3H3,(H,23,24,27). The Hall–Kier alpha value is -2.67. The van der Waals surface area contributed by atoms with Crippen LogP contribution >= 0.6 is 34.7 Å². The van der Waals surface area contributed by atoms with Gasteiger partial charge in [-0.15, -0.1) is 10.2 Å². The first kappa shape index (κ1) is 25.9. The Morgan fingerprint density at radius 1 is 1.15 bits per heavy atom. The highest BCUT2D eigenvalue weighted by atomic mass is 35.5. The molecule has 1 heterocycles. The minimum absolute atomic E-state index is 0.0442. The number of nitrogens with zero attached hydrogens (tertiary/aromatic N) is 3. The molecule has 0 bridgehead atoms. The molecular weight excluding hydrogens is 520 g/mol. The van der Waals surface area contributed by atoms with Gasteiger partial charge in [0.2, 0.25) is 11.0 Å². The van der Waals surface area contributed by atoms with E-state index in [-0.39, 0.29) is 21.5 Å². The van der Waals surface area contributed by atoms with Crippen LogP contribution in [0.2, 0.25) is 5.02 Å². The number of aromatic nitrogens is 2. The maximum Gasteiger partial charge on any atom is 0.316 e. The molecule has 0 unspecified atom stereocenters. The molecule has 0 aliphatic rings. The number of amides is 1. The lowest BCUT2D eigenvalue weighted by Crippen LogP contribution is -2.38. The van der Waals surface area contributed by atoms with Crippen molar-refractivity contribution in [2.75, 3.05) is 29.0 Å². The molecule has 13 heteroatoms. The fourth-order valence-electron chi connectivity index (χ4n) is 2.79. The number of rotatable bonds is 9. The average molecular weight is 541 g/mol. The Labute approximate surface area is 210 Å². The Bertz CT molecular complexity index is 1300. The van der Waals surface area contributed by atoms with E-state index in [1.165, 1.54) is 19.2 Å². The lowest BCUT2D eigenvalue weighted by Gasteiger charge is -2.25. The third-order valence-electron chi connectivity index (χ3n) is 4.60. The summed E-state index contributed by atoms with van der Waals surface area (Å²) >= 11 is 8.41. The van der Waals surface area contributed by atoms with E-state index in [1.54, 1.807) is 37.3 Å². The van der Waals surface area contributed by atoms with E-state index < -0.39 is 28.4 Å². The lowest BCUT2D eigenvalue weighted by atomic mass is 10.2. The van der Waals surface area contributed by atoms with Crippen molar-refractivity contribution >= 4 is 67.4 Å². The Balaban J connectivity index is 1.85. The first-order valence-corrected chi connectivity index (χ1v) is 13.4. The molecule has 180 valence electrons. The summed E-state index contributed by atoms with van der Waals surface area (Å²) in [7, 11) is -2.80. The third-order valence-corrected chi connectivity index (χ3v) is 8.73. The number of benzene rings is 2. The summed E-state index contributed by atoms with van der Waals surface area (Å²) in [4.78, 5) is 24.2. The van der Waals surface area contributed by atoms with E-state index in [2.05, 4.69) is 20.3 Å². The molecule has 3 aromatic rings. The van der Waals surface area contributed by atoms with Gasteiger partial charge in [0, 0.05) is 5.02 Å². The molecule has 0 fully saturated rings. The van der Waals surface area contributed by atoms with E-state index in [0.29, 0.717) is 14.9 Å². The number of thioether (sulfide) groups is 1. The van der Waals surface area contributed by atoms with Gasteiger partial charge in [-0.3, -0.25) is 19.2 Å². The van der Waals surface area contributed by atoms with Crippen LogP contribution in [0.5, 0.6) is 0 Å². The van der Waals surface area contributed by atoms with Gasteiger partial charge in [0.25, 0.3) is 10.0 Å². The van der Waals surface area contributed by atoms with Crippen LogP contribution in [0.4, 0.5) is 10.8 Å². The van der Waals surface area contributed by atoms with Crippen molar-refractivity contribution in [1.82, 2.24) is 10.2 Å². The fraction of sp³-hybridized carbons (Fsp3) is 0.238. The number of ether oxygens (including phenoxy) is 1. The SMILES string of the molecule is COC(=O)CSc1nnc(NC(=O)CN(c2cccc(Cl)c2C)S(=O)(=O)c2ccc(C)cc2)s1. The number of esters is 1. The van der Waals surface area contributed by atoms with Crippen LogP contribution in [0.15, 0.2) is 51.7 Å². The quantitative estimate of drug-likeness (QED) is 0.246. The Morgan fingerprint density at radius 2 is 1.85 bits per heavy atom. The van der Waals surface area contributed by atoms with Crippen molar-refractivity contribution in [2.45, 2.75) is 23.1 Å². The largest absolute Gasteiger partial charge is 0.468 e. The van der Waals surface area contributed by atoms with Crippen LogP contribution in [0.25, 0.3) is 0 Å². The van der Waals surface area contributed by atoms with Crippen LogP contribution in [-0.2, 0) is 24.3 Å². The number of hydrogen-bond donors (Lipinski definition) is 1. The molecule has 0 saturated heterocycles. The number of halogens is 1. The van der Waals surface area contributed by atoms with Gasteiger partial charge in [0.05, 0.1) is 23.4 Å². The smallest absolute Gasteiger partial charge is 0.316 e. The van der Waals surface area contributed by atoms with Gasteiger partial charge in [-0.2, -0.15) is 0 Å². The normalized spacial score (nSPS) is 11.2. The molecule has 1 aromatic heterocycles. The molecule has 0 aliphatic heterocycles. The topological polar surface area (TPSA) is 119 Å². The summed E-state index contributed by atoms with van der Waals surface area (Å²) in [6, 6.07) is 11.2. The second kappa shape index (κ2) is 11.2. The number of hydrogen-bond acceptors (Lipinski definition) is 9. The van der Waals surface area contributed by atoms with Crippen LogP contribution < -0.4 is 9.62 Å². The monoisotopic (exact) mass is 540 g/mol. The minimum Gasteiger partial charge on any atom is -0.468 e. The van der Waals surface area contributed by atoms with E-state index in [9.17, 15) is 18.0 Å². The molecule has 9 nitrogen and oxygen atoms in total. The Kier molecular flexibility index (Phi) is 8.52. The average Bonchev–Trinajstić information content (AvgIpc) is 3.25. The number of sulfonamides is 1. The second-order valence-corrected chi connectivity index (χ2v) is 11.5. The summed E-state index contributed by atoms with van der Waals surface area (Å²) in [6.07, 6.45) is 0. The number of aryl methyl sites for hydroxylation is 1. The first-order valence-electron chi connectivity index (χ1n) is 9.79. The van der Waals surface area contributed by atoms with E-state index in [4.69, 9.17) is 11.6 Å². The summed E-state index contributed by atoms with van der Waals surface area (Å²) in [6.45, 7) is 3.02. The van der Waals surface area contributed by atoms with Crippen molar-refractivity contribution in [3.8, 4) is 0 Å². The molecule has 0 saturated carbocycles. The predicted molar refractivity (Wildman–Crippen MR) is 133 cm³/mol. The zero-order valence-corrected chi connectivity index (χ0v) is 21.6. The highest BCUT2D eigenvalue weighted by molar-refractivity contribution is 8.01. The summed E-state index contributed by atoms with van der Waals surface area (Å²) in [5.74, 6) is -0.981. The predicted octanol–water partition coefficient (Wildman–Crippen LogP) is 3.91. The van der Waals surface area contributed by atoms with E-state index >= 15 is 0 Å². The molecule has 34 heavy (non-hydrogen) atoms. The molecule has 0 atom stereocenters. The molecular formula is C21H21ClN4O5S3. The highest BCUT2D eigenvalue weighted by Gasteiger charge is 2.29. The van der Waals surface area contributed by atoms with Crippen molar-refractivity contribution in [3.05, 3.63) is 58.6 Å². The maximum absolute atomic E-state index is 13.5. The van der Waals surface area contributed by atoms with Gasteiger partial charge < -0.3 is 4.74 Å². The molecule has 0 aliphatic carbocycles. The molecule has 0 spiro atoms. The number of carbonyl (C=O) groups is 2. The molecule has 1 amide bonds. The van der Waals surface area contributed by atoms with Gasteiger partial charge in [0.1, 0.15) is 6.54 Å². The zero-order chi connectivity index (χ0) is 24.9. The van der Waals surface area contributed by atoms with Crippen molar-refractivity contribution in [2.24, 2.45) is 0 Å². The van der Waals surface area contributed by atoms with Crippen LogP contribution in [-0.4, -0.2) is 49.9 Å². The summed E-state index contributed by atoms with van der Waals surface area (Å²) < 4.78 is 33.1. The maximum atomic E-state index is 13.5. The van der Waals surface area contributed by atoms with Crippen LogP contribution in [0, 0.1) is 13.8 Å². The number of nitrogens with one attached hydrogen (secondary N) is 1. The first-order chi connectivity index (χ1) is 16.1. The summed E-state index contributed by atoms with van der Waals surface area (Å²) in [5.41, 5.74) is 1.71. The van der Waals surface area contributed by atoms with Crippen molar-refractivity contribution < 1.29 is 22.7 Å². The number of anilines is 2. The zero-order valence-electron chi connectivity index (χ0n) is 18.4. The minimum atomic E-state index is -4.09. The molecule has 2 aromatic carbocycles. The van der Waals surface area contributed by atoms with Crippen molar-refractivity contribution in [3.63, 3.8) is 0 Å². The van der Waals surface area contributed by atoms with Gasteiger partial charge in [-0.25, -0.2) is 8.42 Å². The van der Waals surface area contributed by atoms with Crippen LogP contribution in [0.1, 0.15) is 11.1 Å². The van der Waals surface area contributed by atoms with Gasteiger partial charge >= 0.3 is 5.97 Å². The molecule has 1 N–H and O–H groups in total. The van der Waals surface area contributed by atoms with Gasteiger partial charge in [-0.05, 0) is 43.7 Å². The van der Waals surface area contributed by atoms with Gasteiger partial charge in [-0.1, -0.05) is 58.5 Å². The molecule has 3 rings (SSSR count). The fourth-order valence-corrected chi connectivity index (χ4v) is 6.04. The number of methoxy groups -OCH3 is 1. The van der Waals surface area contributed by atoms with Gasteiger partial charge in [0.15, 0.2) is 4.34 Å². The van der Waals surface area contributed by atoms with Crippen LogP contribution in [0.3, 0.4) is 0 Å². The lowest BCUT2D eigenvalue weighted by molar-refractivity contribution is -0.137. The third kappa shape index (κ3) is 6.26. The Morgan fingerprint density at radius 3 is 2.53 bits per heavy atom. The number of carbonyl (C=O) groups excluding carboxylic acids is 2. The summed E-state index contributed by atoms with van der Waals surface area (Å²) in [5, 5.41) is 10.9. The highest BCUT2D eigenvalue weighted by Crippen LogP contribution is 2.31.